The number of hydrogen-bond acceptors (Lipinski definition) is 0. The summed E-state index contributed by atoms with van der Waals surface area (Å²) in [5.74, 6) is -3.73. The highest BCUT2D eigenvalue weighted by atomic mass is 79.9. The lowest BCUT2D eigenvalue weighted by Gasteiger charge is -2.18. The number of rotatable bonds is 3. The molecule has 2 rings (SSSR count). The lowest BCUT2D eigenvalue weighted by molar-refractivity contribution is 0.0427. The maximum absolute atomic E-state index is 14.3. The van der Waals surface area contributed by atoms with Crippen molar-refractivity contribution in [1.29, 1.82) is 0 Å². The minimum absolute atomic E-state index is 0.164. The van der Waals surface area contributed by atoms with Gasteiger partial charge in [-0.15, -0.1) is 0 Å². The van der Waals surface area contributed by atoms with Crippen LogP contribution in [0.2, 0.25) is 0 Å². The minimum atomic E-state index is -3.19. The maximum atomic E-state index is 14.3. The van der Waals surface area contributed by atoms with Crippen LogP contribution in [0.5, 0.6) is 0 Å². The third-order valence-corrected chi connectivity index (χ3v) is 3.18. The third kappa shape index (κ3) is 2.89. The lowest BCUT2D eigenvalue weighted by Crippen LogP contribution is -2.15. The molecule has 0 unspecified atom stereocenters. The molecule has 2 aromatic rings. The lowest BCUT2D eigenvalue weighted by atomic mass is 9.98. The first-order chi connectivity index (χ1) is 8.93. The molecule has 0 aliphatic heterocycles. The number of alkyl halides is 2. The topological polar surface area (TPSA) is 0 Å². The van der Waals surface area contributed by atoms with E-state index in [1.54, 1.807) is 6.07 Å². The molecule has 0 N–H and O–H groups in total. The van der Waals surface area contributed by atoms with E-state index in [0.29, 0.717) is 10.0 Å². The Morgan fingerprint density at radius 3 is 2.21 bits per heavy atom. The summed E-state index contributed by atoms with van der Waals surface area (Å²) in [7, 11) is 0. The van der Waals surface area contributed by atoms with Crippen LogP contribution in [0.4, 0.5) is 13.2 Å². The fourth-order valence-corrected chi connectivity index (χ4v) is 2.25. The second-order valence-electron chi connectivity index (χ2n) is 4.06. The summed E-state index contributed by atoms with van der Waals surface area (Å²) in [4.78, 5) is 0. The first-order valence-corrected chi connectivity index (χ1v) is 6.30. The molecule has 0 fully saturated rings. The molecule has 2 aromatic carbocycles. The SMILES string of the molecule is C=Cc1cc(Br)cc(C(F)(F)c2ccc(F)cc2)c1. The van der Waals surface area contributed by atoms with E-state index in [1.807, 2.05) is 0 Å². The molecular weight excluding hydrogens is 317 g/mol. The molecule has 0 aliphatic carbocycles. The van der Waals surface area contributed by atoms with E-state index in [2.05, 4.69) is 22.5 Å². The first kappa shape index (κ1) is 13.9. The summed E-state index contributed by atoms with van der Waals surface area (Å²) in [6, 6.07) is 8.62. The molecule has 0 bridgehead atoms. The van der Waals surface area contributed by atoms with E-state index in [4.69, 9.17) is 0 Å². The molecule has 0 heterocycles. The molecule has 0 radical (unpaired) electrons. The van der Waals surface area contributed by atoms with Crippen molar-refractivity contribution in [2.75, 3.05) is 0 Å². The van der Waals surface area contributed by atoms with Gasteiger partial charge in [-0.1, -0.05) is 28.6 Å². The summed E-state index contributed by atoms with van der Waals surface area (Å²) >= 11 is 3.19. The quantitative estimate of drug-likeness (QED) is 0.711. The molecule has 19 heavy (non-hydrogen) atoms. The van der Waals surface area contributed by atoms with Crippen molar-refractivity contribution in [1.82, 2.24) is 0 Å². The van der Waals surface area contributed by atoms with Crippen LogP contribution >= 0.6 is 15.9 Å². The van der Waals surface area contributed by atoms with Gasteiger partial charge in [-0.3, -0.25) is 0 Å². The summed E-state index contributed by atoms with van der Waals surface area (Å²) in [6.07, 6.45) is 1.50. The Kier molecular flexibility index (Phi) is 3.80. The maximum Gasteiger partial charge on any atom is 0.298 e. The van der Waals surface area contributed by atoms with Crippen LogP contribution in [0.15, 0.2) is 53.5 Å². The monoisotopic (exact) mass is 326 g/mol. The van der Waals surface area contributed by atoms with Gasteiger partial charge in [-0.2, -0.15) is 8.78 Å². The van der Waals surface area contributed by atoms with E-state index in [9.17, 15) is 13.2 Å². The number of hydrogen-bond donors (Lipinski definition) is 0. The highest BCUT2D eigenvalue weighted by molar-refractivity contribution is 9.10. The van der Waals surface area contributed by atoms with Crippen LogP contribution in [0.1, 0.15) is 16.7 Å². The van der Waals surface area contributed by atoms with Gasteiger partial charge >= 0.3 is 0 Å². The molecule has 0 spiro atoms. The van der Waals surface area contributed by atoms with Crippen molar-refractivity contribution < 1.29 is 13.2 Å². The van der Waals surface area contributed by atoms with Crippen molar-refractivity contribution in [2.45, 2.75) is 5.92 Å². The predicted octanol–water partition coefficient (Wildman–Crippen LogP) is 5.37. The largest absolute Gasteiger partial charge is 0.298 e. The van der Waals surface area contributed by atoms with Crippen molar-refractivity contribution in [3.63, 3.8) is 0 Å². The number of benzene rings is 2. The molecule has 0 aliphatic rings. The van der Waals surface area contributed by atoms with Crippen LogP contribution in [-0.4, -0.2) is 0 Å². The summed E-state index contributed by atoms with van der Waals surface area (Å²) in [5, 5.41) is 0. The highest BCUT2D eigenvalue weighted by Gasteiger charge is 2.34. The van der Waals surface area contributed by atoms with Gasteiger partial charge in [0.1, 0.15) is 5.82 Å². The molecule has 0 aromatic heterocycles. The van der Waals surface area contributed by atoms with Gasteiger partial charge in [0, 0.05) is 15.6 Å². The predicted molar refractivity (Wildman–Crippen MR) is 73.6 cm³/mol. The van der Waals surface area contributed by atoms with Gasteiger partial charge in [-0.05, 0) is 48.0 Å². The highest BCUT2D eigenvalue weighted by Crippen LogP contribution is 2.37. The van der Waals surface area contributed by atoms with Gasteiger partial charge < -0.3 is 0 Å². The Morgan fingerprint density at radius 2 is 1.63 bits per heavy atom. The molecular formula is C15H10BrF3. The Balaban J connectivity index is 2.52. The molecule has 98 valence electrons. The third-order valence-electron chi connectivity index (χ3n) is 2.73. The summed E-state index contributed by atoms with van der Waals surface area (Å²) in [6.45, 7) is 3.56. The van der Waals surface area contributed by atoms with Crippen LogP contribution < -0.4 is 0 Å². The normalized spacial score (nSPS) is 11.4. The van der Waals surface area contributed by atoms with Crippen LogP contribution in [0.25, 0.3) is 6.08 Å². The zero-order chi connectivity index (χ0) is 14.0. The Morgan fingerprint density at radius 1 is 1.00 bits per heavy atom. The van der Waals surface area contributed by atoms with Crippen LogP contribution in [-0.2, 0) is 5.92 Å². The van der Waals surface area contributed by atoms with Gasteiger partial charge in [0.25, 0.3) is 5.92 Å². The average molecular weight is 327 g/mol. The molecule has 4 heteroatoms. The molecule has 0 nitrogen and oxygen atoms in total. The minimum Gasteiger partial charge on any atom is -0.207 e. The summed E-state index contributed by atoms with van der Waals surface area (Å²) < 4.78 is 42.0. The standard InChI is InChI=1S/C15H10BrF3/c1-2-10-7-12(9-13(16)8-10)15(18,19)11-3-5-14(17)6-4-11/h2-9H,1H2. The molecule has 0 amide bonds. The second kappa shape index (κ2) is 5.21. The molecule has 0 atom stereocenters. The summed E-state index contributed by atoms with van der Waals surface area (Å²) in [5.41, 5.74) is 0.177. The Labute approximate surface area is 117 Å². The van der Waals surface area contributed by atoms with E-state index in [1.165, 1.54) is 18.2 Å². The van der Waals surface area contributed by atoms with Crippen molar-refractivity contribution in [3.8, 4) is 0 Å². The van der Waals surface area contributed by atoms with Gasteiger partial charge in [0.2, 0.25) is 0 Å². The smallest absolute Gasteiger partial charge is 0.207 e. The van der Waals surface area contributed by atoms with E-state index >= 15 is 0 Å². The zero-order valence-electron chi connectivity index (χ0n) is 9.84. The van der Waals surface area contributed by atoms with Crippen molar-refractivity contribution >= 4 is 22.0 Å². The van der Waals surface area contributed by atoms with Gasteiger partial charge in [0.15, 0.2) is 0 Å². The fourth-order valence-electron chi connectivity index (χ4n) is 1.74. The molecule has 0 saturated heterocycles. The van der Waals surface area contributed by atoms with E-state index in [-0.39, 0.29) is 11.1 Å². The van der Waals surface area contributed by atoms with Crippen LogP contribution in [0.3, 0.4) is 0 Å². The van der Waals surface area contributed by atoms with Gasteiger partial charge in [0.05, 0.1) is 0 Å². The van der Waals surface area contributed by atoms with Crippen molar-refractivity contribution in [2.24, 2.45) is 0 Å². The van der Waals surface area contributed by atoms with Crippen molar-refractivity contribution in [3.05, 3.63) is 76.0 Å². The Hall–Kier alpha value is -1.55. The number of halogens is 4. The van der Waals surface area contributed by atoms with E-state index in [0.717, 1.165) is 24.3 Å². The van der Waals surface area contributed by atoms with E-state index < -0.39 is 11.7 Å². The fraction of sp³-hybridized carbons (Fsp3) is 0.0667. The Bertz CT molecular complexity index is 603. The first-order valence-electron chi connectivity index (χ1n) is 5.51. The average Bonchev–Trinajstić information content (AvgIpc) is 2.38. The molecule has 0 saturated carbocycles. The van der Waals surface area contributed by atoms with Crippen LogP contribution in [0, 0.1) is 5.82 Å². The van der Waals surface area contributed by atoms with Gasteiger partial charge in [-0.25, -0.2) is 4.39 Å². The zero-order valence-corrected chi connectivity index (χ0v) is 11.4. The second-order valence-corrected chi connectivity index (χ2v) is 4.97.